The van der Waals surface area contributed by atoms with Crippen LogP contribution in [0.5, 0.6) is 0 Å². The molecule has 0 saturated carbocycles. The highest BCUT2D eigenvalue weighted by atomic mass is 32.1. The van der Waals surface area contributed by atoms with Gasteiger partial charge in [0.1, 0.15) is 0 Å². The highest BCUT2D eigenvalue weighted by Crippen LogP contribution is 2.18. The monoisotopic (exact) mass is 219 g/mol. The molecule has 6 heteroatoms. The van der Waals surface area contributed by atoms with Gasteiger partial charge in [-0.3, -0.25) is 4.79 Å². The van der Waals surface area contributed by atoms with Crippen molar-refractivity contribution in [2.75, 3.05) is 20.3 Å². The minimum absolute atomic E-state index is 0.0154. The van der Waals surface area contributed by atoms with Gasteiger partial charge in [0.05, 0.1) is 6.61 Å². The van der Waals surface area contributed by atoms with E-state index in [1.807, 2.05) is 0 Å². The third kappa shape index (κ3) is 2.39. The molecule has 1 aliphatic rings. The molecule has 1 fully saturated rings. The van der Waals surface area contributed by atoms with Gasteiger partial charge in [0, 0.05) is 25.3 Å². The van der Waals surface area contributed by atoms with Gasteiger partial charge >= 0.3 is 5.97 Å². The maximum atomic E-state index is 11.4. The van der Waals surface area contributed by atoms with Crippen LogP contribution in [0.2, 0.25) is 0 Å². The van der Waals surface area contributed by atoms with E-state index in [2.05, 4.69) is 12.6 Å². The molecule has 1 N–H and O–H groups in total. The lowest BCUT2D eigenvalue weighted by Gasteiger charge is -2.23. The molecule has 0 aromatic heterocycles. The second kappa shape index (κ2) is 4.65. The van der Waals surface area contributed by atoms with Gasteiger partial charge in [-0.05, 0) is 0 Å². The molecule has 0 aliphatic carbocycles. The van der Waals surface area contributed by atoms with E-state index in [-0.39, 0.29) is 17.8 Å². The van der Waals surface area contributed by atoms with Crippen LogP contribution in [0.15, 0.2) is 0 Å². The molecule has 1 rings (SSSR count). The standard InChI is InChI=1S/C8H13NO4S/c1-13-4-6(8(11)12)9-3-5(14)2-7(9)10/h5-6,14H,2-4H2,1H3,(H,11,12)/t5?,6-/m0/s1. The minimum atomic E-state index is -1.04. The van der Waals surface area contributed by atoms with Crippen LogP contribution >= 0.6 is 12.6 Å². The van der Waals surface area contributed by atoms with Crippen LogP contribution in [-0.2, 0) is 14.3 Å². The lowest BCUT2D eigenvalue weighted by molar-refractivity contribution is -0.150. The summed E-state index contributed by atoms with van der Waals surface area (Å²) in [6.45, 7) is 0.393. The number of methoxy groups -OCH3 is 1. The minimum Gasteiger partial charge on any atom is -0.480 e. The van der Waals surface area contributed by atoms with Gasteiger partial charge in [-0.25, -0.2) is 4.79 Å². The zero-order valence-corrected chi connectivity index (χ0v) is 8.74. The van der Waals surface area contributed by atoms with E-state index in [0.29, 0.717) is 13.0 Å². The number of rotatable bonds is 4. The Morgan fingerprint density at radius 1 is 1.86 bits per heavy atom. The van der Waals surface area contributed by atoms with Crippen molar-refractivity contribution in [3.05, 3.63) is 0 Å². The summed E-state index contributed by atoms with van der Waals surface area (Å²) < 4.78 is 4.76. The van der Waals surface area contributed by atoms with Crippen LogP contribution in [0.4, 0.5) is 0 Å². The van der Waals surface area contributed by atoms with Gasteiger partial charge in [-0.15, -0.1) is 0 Å². The van der Waals surface area contributed by atoms with Crippen molar-refractivity contribution < 1.29 is 19.4 Å². The van der Waals surface area contributed by atoms with Crippen molar-refractivity contribution in [3.8, 4) is 0 Å². The molecule has 5 nitrogen and oxygen atoms in total. The van der Waals surface area contributed by atoms with Gasteiger partial charge in [-0.1, -0.05) is 0 Å². The first-order chi connectivity index (χ1) is 6.56. The highest BCUT2D eigenvalue weighted by molar-refractivity contribution is 7.81. The zero-order valence-electron chi connectivity index (χ0n) is 7.84. The summed E-state index contributed by atoms with van der Waals surface area (Å²) >= 11 is 4.15. The molecular formula is C8H13NO4S. The summed E-state index contributed by atoms with van der Waals surface area (Å²) in [4.78, 5) is 23.5. The van der Waals surface area contributed by atoms with E-state index in [4.69, 9.17) is 9.84 Å². The Kier molecular flexibility index (Phi) is 3.77. The lowest BCUT2D eigenvalue weighted by Crippen LogP contribution is -2.45. The fourth-order valence-corrected chi connectivity index (χ4v) is 1.80. The number of carbonyl (C=O) groups excluding carboxylic acids is 1. The average molecular weight is 219 g/mol. The number of carbonyl (C=O) groups is 2. The van der Waals surface area contributed by atoms with Crippen molar-refractivity contribution in [1.82, 2.24) is 4.90 Å². The van der Waals surface area contributed by atoms with Gasteiger partial charge in [0.25, 0.3) is 0 Å². The van der Waals surface area contributed by atoms with Gasteiger partial charge < -0.3 is 14.7 Å². The number of aliphatic carboxylic acids is 1. The SMILES string of the molecule is COC[C@@H](C(=O)O)N1CC(S)CC1=O. The number of likely N-dealkylation sites (tertiary alicyclic amines) is 1. The number of thiol groups is 1. The number of hydrogen-bond acceptors (Lipinski definition) is 4. The fourth-order valence-electron chi connectivity index (χ4n) is 1.47. The highest BCUT2D eigenvalue weighted by Gasteiger charge is 2.36. The van der Waals surface area contributed by atoms with Gasteiger partial charge in [-0.2, -0.15) is 12.6 Å². The Hall–Kier alpha value is -0.750. The number of carboxylic acids is 1. The first-order valence-corrected chi connectivity index (χ1v) is 4.77. The zero-order chi connectivity index (χ0) is 10.7. The molecule has 1 heterocycles. The molecule has 0 spiro atoms. The number of carboxylic acid groups (broad SMARTS) is 1. The summed E-state index contributed by atoms with van der Waals surface area (Å²) in [5.74, 6) is -1.21. The summed E-state index contributed by atoms with van der Waals surface area (Å²) in [6.07, 6.45) is 0.302. The predicted octanol–water partition coefficient (Wildman–Crippen LogP) is -0.383. The molecule has 1 unspecified atom stereocenters. The number of ether oxygens (including phenoxy) is 1. The van der Waals surface area contributed by atoms with E-state index in [1.54, 1.807) is 0 Å². The number of nitrogens with zero attached hydrogens (tertiary/aromatic N) is 1. The van der Waals surface area contributed by atoms with E-state index in [1.165, 1.54) is 12.0 Å². The molecule has 80 valence electrons. The van der Waals surface area contributed by atoms with E-state index in [0.717, 1.165) is 0 Å². The van der Waals surface area contributed by atoms with Crippen molar-refractivity contribution in [3.63, 3.8) is 0 Å². The van der Waals surface area contributed by atoms with Crippen LogP contribution in [-0.4, -0.2) is 53.4 Å². The second-order valence-electron chi connectivity index (χ2n) is 3.21. The van der Waals surface area contributed by atoms with Crippen molar-refractivity contribution in [2.24, 2.45) is 0 Å². The van der Waals surface area contributed by atoms with Crippen molar-refractivity contribution >= 4 is 24.5 Å². The Morgan fingerprint density at radius 3 is 2.86 bits per heavy atom. The first-order valence-electron chi connectivity index (χ1n) is 4.25. The third-order valence-corrected chi connectivity index (χ3v) is 2.47. The van der Waals surface area contributed by atoms with Crippen LogP contribution < -0.4 is 0 Å². The van der Waals surface area contributed by atoms with E-state index >= 15 is 0 Å². The van der Waals surface area contributed by atoms with Gasteiger partial charge in [0.2, 0.25) is 5.91 Å². The largest absolute Gasteiger partial charge is 0.480 e. The van der Waals surface area contributed by atoms with Crippen LogP contribution in [0.3, 0.4) is 0 Å². The number of amides is 1. The average Bonchev–Trinajstić information content (AvgIpc) is 2.40. The Morgan fingerprint density at radius 2 is 2.50 bits per heavy atom. The van der Waals surface area contributed by atoms with Crippen molar-refractivity contribution in [1.29, 1.82) is 0 Å². The molecule has 1 saturated heterocycles. The topological polar surface area (TPSA) is 66.8 Å². The van der Waals surface area contributed by atoms with E-state index < -0.39 is 12.0 Å². The second-order valence-corrected chi connectivity index (χ2v) is 3.94. The molecule has 1 aliphatic heterocycles. The number of hydrogen-bond donors (Lipinski definition) is 2. The molecule has 14 heavy (non-hydrogen) atoms. The quantitative estimate of drug-likeness (QED) is 0.632. The summed E-state index contributed by atoms with van der Waals surface area (Å²) in [7, 11) is 1.41. The predicted molar refractivity (Wildman–Crippen MR) is 52.4 cm³/mol. The van der Waals surface area contributed by atoms with E-state index in [9.17, 15) is 9.59 Å². The Labute approximate surface area is 87.4 Å². The summed E-state index contributed by atoms with van der Waals surface area (Å²) in [5, 5.41) is 8.80. The maximum absolute atomic E-state index is 11.4. The molecule has 2 atom stereocenters. The third-order valence-electron chi connectivity index (χ3n) is 2.12. The van der Waals surface area contributed by atoms with Gasteiger partial charge in [0.15, 0.2) is 6.04 Å². The molecule has 0 bridgehead atoms. The smallest absolute Gasteiger partial charge is 0.328 e. The fraction of sp³-hybridized carbons (Fsp3) is 0.750. The molecule has 0 aromatic carbocycles. The summed E-state index contributed by atoms with van der Waals surface area (Å²) in [5.41, 5.74) is 0. The molecular weight excluding hydrogens is 206 g/mol. The van der Waals surface area contributed by atoms with Crippen LogP contribution in [0.1, 0.15) is 6.42 Å². The Bertz CT molecular complexity index is 245. The lowest BCUT2D eigenvalue weighted by atomic mass is 10.3. The van der Waals surface area contributed by atoms with Crippen LogP contribution in [0.25, 0.3) is 0 Å². The molecule has 0 radical (unpaired) electrons. The summed E-state index contributed by atoms with van der Waals surface area (Å²) in [6, 6.07) is -0.885. The molecule has 1 amide bonds. The first kappa shape index (κ1) is 11.3. The normalized spacial score (nSPS) is 24.0. The maximum Gasteiger partial charge on any atom is 0.328 e. The van der Waals surface area contributed by atoms with Crippen LogP contribution in [0, 0.1) is 0 Å². The van der Waals surface area contributed by atoms with Crippen molar-refractivity contribution in [2.45, 2.75) is 17.7 Å². The molecule has 0 aromatic rings. The Balaban J connectivity index is 2.68.